The highest BCUT2D eigenvalue weighted by molar-refractivity contribution is 6.06. The quantitative estimate of drug-likeness (QED) is 0.724. The Morgan fingerprint density at radius 3 is 2.30 bits per heavy atom. The minimum Gasteiger partial charge on any atom is -0.351 e. The highest BCUT2D eigenvalue weighted by Gasteiger charge is 2.34. The van der Waals surface area contributed by atoms with Crippen LogP contribution in [0, 0.1) is 0 Å². The number of hydrogen-bond acceptors (Lipinski definition) is 3. The van der Waals surface area contributed by atoms with Gasteiger partial charge in [0.25, 0.3) is 5.91 Å². The Morgan fingerprint density at radius 1 is 0.926 bits per heavy atom. The fourth-order valence-corrected chi connectivity index (χ4v) is 3.33. The Labute approximate surface area is 156 Å². The van der Waals surface area contributed by atoms with Crippen LogP contribution in [0.1, 0.15) is 16.1 Å². The van der Waals surface area contributed by atoms with Gasteiger partial charge in [0.15, 0.2) is 0 Å². The molecule has 1 aliphatic heterocycles. The van der Waals surface area contributed by atoms with Gasteiger partial charge in [-0.25, -0.2) is 0 Å². The number of para-hydroxylation sites is 1. The number of imide groups is 1. The van der Waals surface area contributed by atoms with Crippen LogP contribution in [0.4, 0.5) is 0 Å². The lowest BCUT2D eigenvalue weighted by molar-refractivity contribution is -0.150. The summed E-state index contributed by atoms with van der Waals surface area (Å²) in [6.07, 6.45) is 0.605. The van der Waals surface area contributed by atoms with Crippen LogP contribution < -0.4 is 0 Å². The van der Waals surface area contributed by atoms with E-state index in [1.807, 2.05) is 54.6 Å². The number of carbonyl (C=O) groups excluding carboxylic acids is 3. The summed E-state index contributed by atoms with van der Waals surface area (Å²) in [6.45, 7) is 0.152. The molecule has 6 heteroatoms. The lowest BCUT2D eigenvalue weighted by Crippen LogP contribution is -2.56. The number of aromatic amines is 1. The van der Waals surface area contributed by atoms with Gasteiger partial charge in [-0.15, -0.1) is 0 Å². The van der Waals surface area contributed by atoms with E-state index in [1.54, 1.807) is 6.07 Å². The van der Waals surface area contributed by atoms with Gasteiger partial charge in [0, 0.05) is 17.4 Å². The number of fused-ring (bicyclic) bond motifs is 1. The molecule has 4 rings (SSSR count). The standard InChI is InChI=1S/C21H19N3O3/c25-19-13-23(21(27)18-12-16-8-4-5-9-17(16)22-18)14-20(26)24(19)11-10-15-6-2-1-3-7-15/h1-9,12,22H,10-11,13-14H2. The summed E-state index contributed by atoms with van der Waals surface area (Å²) in [4.78, 5) is 43.2. The van der Waals surface area contributed by atoms with Crippen molar-refractivity contribution in [1.82, 2.24) is 14.8 Å². The molecular formula is C21H19N3O3. The molecule has 0 spiro atoms. The van der Waals surface area contributed by atoms with Crippen LogP contribution in [0.25, 0.3) is 10.9 Å². The number of nitrogens with one attached hydrogen (secondary N) is 1. The predicted molar refractivity (Wildman–Crippen MR) is 101 cm³/mol. The Morgan fingerprint density at radius 2 is 1.59 bits per heavy atom. The first-order valence-corrected chi connectivity index (χ1v) is 8.86. The predicted octanol–water partition coefficient (Wildman–Crippen LogP) is 2.22. The molecule has 0 aliphatic carbocycles. The average Bonchev–Trinajstić information content (AvgIpc) is 3.11. The zero-order chi connectivity index (χ0) is 18.8. The van der Waals surface area contributed by atoms with E-state index < -0.39 is 0 Å². The molecule has 136 valence electrons. The summed E-state index contributed by atoms with van der Waals surface area (Å²) in [5.41, 5.74) is 2.30. The lowest BCUT2D eigenvalue weighted by Gasteiger charge is -2.32. The molecule has 1 aliphatic rings. The van der Waals surface area contributed by atoms with Crippen molar-refractivity contribution in [3.63, 3.8) is 0 Å². The van der Waals surface area contributed by atoms with Crippen molar-refractivity contribution in [1.29, 1.82) is 0 Å². The Kier molecular flexibility index (Phi) is 4.46. The number of carbonyl (C=O) groups is 3. The molecule has 0 bridgehead atoms. The third-order valence-electron chi connectivity index (χ3n) is 4.77. The first-order chi connectivity index (χ1) is 13.1. The van der Waals surface area contributed by atoms with Gasteiger partial charge in [-0.1, -0.05) is 48.5 Å². The molecule has 1 saturated heterocycles. The zero-order valence-electron chi connectivity index (χ0n) is 14.7. The number of rotatable bonds is 4. The molecule has 3 amide bonds. The molecule has 0 unspecified atom stereocenters. The Hall–Kier alpha value is -3.41. The number of benzene rings is 2. The van der Waals surface area contributed by atoms with E-state index in [9.17, 15) is 14.4 Å². The summed E-state index contributed by atoms with van der Waals surface area (Å²) >= 11 is 0. The van der Waals surface area contributed by atoms with Crippen LogP contribution in [-0.2, 0) is 16.0 Å². The van der Waals surface area contributed by atoms with E-state index in [1.165, 1.54) is 9.80 Å². The van der Waals surface area contributed by atoms with E-state index in [0.29, 0.717) is 18.7 Å². The lowest BCUT2D eigenvalue weighted by atomic mass is 10.1. The largest absolute Gasteiger partial charge is 0.351 e. The van der Waals surface area contributed by atoms with Crippen molar-refractivity contribution < 1.29 is 14.4 Å². The summed E-state index contributed by atoms with van der Waals surface area (Å²) in [7, 11) is 0. The second kappa shape index (κ2) is 7.07. The minimum absolute atomic E-state index is 0.0886. The van der Waals surface area contributed by atoms with E-state index in [0.717, 1.165) is 16.5 Å². The van der Waals surface area contributed by atoms with E-state index in [4.69, 9.17) is 0 Å². The van der Waals surface area contributed by atoms with Gasteiger partial charge in [0.1, 0.15) is 18.8 Å². The van der Waals surface area contributed by atoms with Crippen molar-refractivity contribution in [2.45, 2.75) is 6.42 Å². The van der Waals surface area contributed by atoms with Crippen LogP contribution in [0.15, 0.2) is 60.7 Å². The normalized spacial score (nSPS) is 14.8. The fourth-order valence-electron chi connectivity index (χ4n) is 3.33. The van der Waals surface area contributed by atoms with E-state index >= 15 is 0 Å². The number of piperazine rings is 1. The smallest absolute Gasteiger partial charge is 0.271 e. The van der Waals surface area contributed by atoms with Gasteiger partial charge >= 0.3 is 0 Å². The maximum atomic E-state index is 12.7. The van der Waals surface area contributed by atoms with Crippen molar-refractivity contribution in [2.75, 3.05) is 19.6 Å². The molecule has 27 heavy (non-hydrogen) atoms. The second-order valence-corrected chi connectivity index (χ2v) is 6.61. The maximum Gasteiger partial charge on any atom is 0.271 e. The molecule has 0 atom stereocenters. The van der Waals surface area contributed by atoms with Crippen LogP contribution in [0.3, 0.4) is 0 Å². The first kappa shape index (κ1) is 17.0. The topological polar surface area (TPSA) is 73.5 Å². The Bertz CT molecular complexity index is 959. The van der Waals surface area contributed by atoms with Gasteiger partial charge in [0.05, 0.1) is 0 Å². The third kappa shape index (κ3) is 3.46. The number of hydrogen-bond donors (Lipinski definition) is 1. The van der Waals surface area contributed by atoms with Crippen LogP contribution in [0.2, 0.25) is 0 Å². The highest BCUT2D eigenvalue weighted by Crippen LogP contribution is 2.17. The van der Waals surface area contributed by atoms with Crippen LogP contribution in [0.5, 0.6) is 0 Å². The second-order valence-electron chi connectivity index (χ2n) is 6.61. The summed E-state index contributed by atoms with van der Waals surface area (Å²) in [6, 6.07) is 19.0. The number of nitrogens with zero attached hydrogens (tertiary/aromatic N) is 2. The van der Waals surface area contributed by atoms with Gasteiger partial charge < -0.3 is 9.88 Å². The van der Waals surface area contributed by atoms with Gasteiger partial charge in [0.2, 0.25) is 11.8 Å². The van der Waals surface area contributed by atoms with E-state index in [-0.39, 0.29) is 30.8 Å². The van der Waals surface area contributed by atoms with Gasteiger partial charge in [-0.05, 0) is 24.1 Å². The molecule has 1 N–H and O–H groups in total. The molecule has 2 aromatic carbocycles. The monoisotopic (exact) mass is 361 g/mol. The summed E-state index contributed by atoms with van der Waals surface area (Å²) in [5, 5.41) is 0.917. The van der Waals surface area contributed by atoms with Gasteiger partial charge in [-0.2, -0.15) is 0 Å². The minimum atomic E-state index is -0.341. The average molecular weight is 361 g/mol. The van der Waals surface area contributed by atoms with E-state index in [2.05, 4.69) is 4.98 Å². The molecule has 1 fully saturated rings. The van der Waals surface area contributed by atoms with Crippen LogP contribution in [-0.4, -0.2) is 52.1 Å². The molecule has 0 radical (unpaired) electrons. The molecule has 3 aromatic rings. The van der Waals surface area contributed by atoms with Crippen molar-refractivity contribution >= 4 is 28.6 Å². The molecule has 6 nitrogen and oxygen atoms in total. The summed E-state index contributed by atoms with van der Waals surface area (Å²) < 4.78 is 0. The molecule has 2 heterocycles. The maximum absolute atomic E-state index is 12.7. The zero-order valence-corrected chi connectivity index (χ0v) is 14.7. The molecular weight excluding hydrogens is 342 g/mol. The summed E-state index contributed by atoms with van der Waals surface area (Å²) in [5.74, 6) is -1.02. The van der Waals surface area contributed by atoms with Crippen molar-refractivity contribution in [3.05, 3.63) is 71.9 Å². The first-order valence-electron chi connectivity index (χ1n) is 8.86. The molecule has 0 saturated carbocycles. The Balaban J connectivity index is 1.44. The highest BCUT2D eigenvalue weighted by atomic mass is 16.2. The fraction of sp³-hybridized carbons (Fsp3) is 0.190. The number of amides is 3. The van der Waals surface area contributed by atoms with Crippen molar-refractivity contribution in [3.8, 4) is 0 Å². The molecule has 1 aromatic heterocycles. The van der Waals surface area contributed by atoms with Gasteiger partial charge in [-0.3, -0.25) is 19.3 Å². The van der Waals surface area contributed by atoms with Crippen LogP contribution >= 0.6 is 0 Å². The number of aromatic nitrogens is 1. The van der Waals surface area contributed by atoms with Crippen molar-refractivity contribution in [2.24, 2.45) is 0 Å². The SMILES string of the molecule is O=C(c1cc2ccccc2[nH]1)N1CC(=O)N(CCc2ccccc2)C(=O)C1. The third-order valence-corrected chi connectivity index (χ3v) is 4.77. The number of H-pyrrole nitrogens is 1.